The molecule has 3 rings (SSSR count). The van der Waals surface area contributed by atoms with Crippen molar-refractivity contribution >= 4 is 11.0 Å². The predicted octanol–water partition coefficient (Wildman–Crippen LogP) is 2.04. The molecule has 0 aliphatic carbocycles. The molecule has 1 saturated heterocycles. The standard InChI is InChI=1S/C13H17N3O/c1-8-10(5-6-14-8)13-15-11-4-3-9(17-2)7-12(11)16-13/h3-4,7-8,10,14H,5-6H2,1-2H3,(H,15,16). The molecule has 0 bridgehead atoms. The number of hydrogen-bond donors (Lipinski definition) is 2. The maximum Gasteiger partial charge on any atom is 0.121 e. The first-order valence-electron chi connectivity index (χ1n) is 6.05. The lowest BCUT2D eigenvalue weighted by Crippen LogP contribution is -2.22. The molecule has 17 heavy (non-hydrogen) atoms. The molecule has 4 nitrogen and oxygen atoms in total. The number of ether oxygens (including phenoxy) is 1. The average molecular weight is 231 g/mol. The number of aromatic nitrogens is 2. The highest BCUT2D eigenvalue weighted by atomic mass is 16.5. The summed E-state index contributed by atoms with van der Waals surface area (Å²) in [6.07, 6.45) is 1.15. The molecule has 2 aromatic rings. The molecule has 1 aromatic carbocycles. The molecular formula is C13H17N3O. The van der Waals surface area contributed by atoms with Crippen molar-refractivity contribution in [1.29, 1.82) is 0 Å². The molecule has 4 heteroatoms. The molecule has 2 unspecified atom stereocenters. The van der Waals surface area contributed by atoms with Gasteiger partial charge in [-0.1, -0.05) is 0 Å². The van der Waals surface area contributed by atoms with Gasteiger partial charge in [-0.25, -0.2) is 4.98 Å². The quantitative estimate of drug-likeness (QED) is 0.831. The molecule has 0 saturated carbocycles. The number of methoxy groups -OCH3 is 1. The lowest BCUT2D eigenvalue weighted by molar-refractivity contribution is 0.415. The molecular weight excluding hydrogens is 214 g/mol. The van der Waals surface area contributed by atoms with Crippen molar-refractivity contribution in [2.24, 2.45) is 0 Å². The van der Waals surface area contributed by atoms with Crippen LogP contribution in [0.4, 0.5) is 0 Å². The van der Waals surface area contributed by atoms with E-state index in [1.165, 1.54) is 0 Å². The van der Waals surface area contributed by atoms with E-state index in [-0.39, 0.29) is 0 Å². The number of hydrogen-bond acceptors (Lipinski definition) is 3. The minimum atomic E-state index is 0.494. The normalized spacial score (nSPS) is 24.4. The number of nitrogens with zero attached hydrogens (tertiary/aromatic N) is 1. The molecule has 1 aliphatic rings. The minimum absolute atomic E-state index is 0.494. The third-order valence-electron chi connectivity index (χ3n) is 3.58. The van der Waals surface area contributed by atoms with Gasteiger partial charge in [0.25, 0.3) is 0 Å². The SMILES string of the molecule is COc1ccc2nc(C3CCNC3C)[nH]c2c1. The van der Waals surface area contributed by atoms with Crippen LogP contribution in [0, 0.1) is 0 Å². The van der Waals surface area contributed by atoms with Gasteiger partial charge in [-0.3, -0.25) is 0 Å². The summed E-state index contributed by atoms with van der Waals surface area (Å²) in [5.41, 5.74) is 2.07. The molecule has 2 atom stereocenters. The summed E-state index contributed by atoms with van der Waals surface area (Å²) in [6, 6.07) is 6.45. The topological polar surface area (TPSA) is 49.9 Å². The highest BCUT2D eigenvalue weighted by Crippen LogP contribution is 2.28. The first-order valence-corrected chi connectivity index (χ1v) is 6.05. The van der Waals surface area contributed by atoms with E-state index in [0.717, 1.165) is 35.6 Å². The summed E-state index contributed by atoms with van der Waals surface area (Å²) in [4.78, 5) is 8.08. The molecule has 0 spiro atoms. The van der Waals surface area contributed by atoms with E-state index in [9.17, 15) is 0 Å². The van der Waals surface area contributed by atoms with Gasteiger partial charge in [0.05, 0.1) is 18.1 Å². The van der Waals surface area contributed by atoms with Crippen LogP contribution in [-0.4, -0.2) is 29.7 Å². The van der Waals surface area contributed by atoms with Crippen molar-refractivity contribution in [3.63, 3.8) is 0 Å². The number of nitrogens with one attached hydrogen (secondary N) is 2. The number of benzene rings is 1. The minimum Gasteiger partial charge on any atom is -0.497 e. The van der Waals surface area contributed by atoms with Crippen molar-refractivity contribution in [3.8, 4) is 5.75 Å². The molecule has 1 fully saturated rings. The van der Waals surface area contributed by atoms with Gasteiger partial charge in [0, 0.05) is 18.0 Å². The van der Waals surface area contributed by atoms with Crippen molar-refractivity contribution in [2.45, 2.75) is 25.3 Å². The highest BCUT2D eigenvalue weighted by Gasteiger charge is 2.26. The summed E-state index contributed by atoms with van der Waals surface area (Å²) in [5, 5.41) is 3.45. The summed E-state index contributed by atoms with van der Waals surface area (Å²) < 4.78 is 5.22. The zero-order valence-corrected chi connectivity index (χ0v) is 10.2. The van der Waals surface area contributed by atoms with Crippen molar-refractivity contribution in [2.75, 3.05) is 13.7 Å². The monoisotopic (exact) mass is 231 g/mol. The van der Waals surface area contributed by atoms with Crippen LogP contribution in [0.3, 0.4) is 0 Å². The van der Waals surface area contributed by atoms with Crippen LogP contribution in [0.25, 0.3) is 11.0 Å². The summed E-state index contributed by atoms with van der Waals surface area (Å²) in [5.74, 6) is 2.45. The smallest absolute Gasteiger partial charge is 0.121 e. The molecule has 2 N–H and O–H groups in total. The van der Waals surface area contributed by atoms with Crippen LogP contribution in [-0.2, 0) is 0 Å². The van der Waals surface area contributed by atoms with E-state index in [4.69, 9.17) is 4.74 Å². The number of aromatic amines is 1. The van der Waals surface area contributed by atoms with Crippen LogP contribution in [0.5, 0.6) is 5.75 Å². The highest BCUT2D eigenvalue weighted by molar-refractivity contribution is 5.76. The molecule has 1 aliphatic heterocycles. The number of H-pyrrole nitrogens is 1. The molecule has 1 aromatic heterocycles. The summed E-state index contributed by atoms with van der Waals surface area (Å²) in [7, 11) is 1.68. The van der Waals surface area contributed by atoms with Crippen LogP contribution < -0.4 is 10.1 Å². The molecule has 0 radical (unpaired) electrons. The van der Waals surface area contributed by atoms with E-state index < -0.39 is 0 Å². The fourth-order valence-electron chi connectivity index (χ4n) is 2.54. The Kier molecular flexibility index (Phi) is 2.52. The Morgan fingerprint density at radius 1 is 1.41 bits per heavy atom. The summed E-state index contributed by atoms with van der Waals surface area (Å²) in [6.45, 7) is 3.29. The van der Waals surface area contributed by atoms with Gasteiger partial charge in [0.2, 0.25) is 0 Å². The summed E-state index contributed by atoms with van der Waals surface area (Å²) >= 11 is 0. The van der Waals surface area contributed by atoms with Crippen LogP contribution >= 0.6 is 0 Å². The van der Waals surface area contributed by atoms with Gasteiger partial charge in [0.1, 0.15) is 11.6 Å². The fourth-order valence-corrected chi connectivity index (χ4v) is 2.54. The van der Waals surface area contributed by atoms with Gasteiger partial charge in [-0.2, -0.15) is 0 Å². The van der Waals surface area contributed by atoms with E-state index in [2.05, 4.69) is 22.2 Å². The largest absolute Gasteiger partial charge is 0.497 e. The van der Waals surface area contributed by atoms with Gasteiger partial charge in [-0.05, 0) is 32.0 Å². The molecule has 0 amide bonds. The number of fused-ring (bicyclic) bond motifs is 1. The van der Waals surface area contributed by atoms with Crippen LogP contribution in [0.2, 0.25) is 0 Å². The van der Waals surface area contributed by atoms with Gasteiger partial charge < -0.3 is 15.0 Å². The Morgan fingerprint density at radius 2 is 2.29 bits per heavy atom. The molecule has 2 heterocycles. The Hall–Kier alpha value is -1.55. The average Bonchev–Trinajstić information content (AvgIpc) is 2.93. The van der Waals surface area contributed by atoms with E-state index >= 15 is 0 Å². The second-order valence-electron chi connectivity index (χ2n) is 4.64. The predicted molar refractivity (Wildman–Crippen MR) is 67.5 cm³/mol. The fraction of sp³-hybridized carbons (Fsp3) is 0.462. The van der Waals surface area contributed by atoms with Gasteiger partial charge in [0.15, 0.2) is 0 Å². The lowest BCUT2D eigenvalue weighted by Gasteiger charge is -2.11. The van der Waals surface area contributed by atoms with E-state index in [1.54, 1.807) is 7.11 Å². The maximum atomic E-state index is 5.22. The van der Waals surface area contributed by atoms with Crippen molar-refractivity contribution in [1.82, 2.24) is 15.3 Å². The van der Waals surface area contributed by atoms with Crippen molar-refractivity contribution < 1.29 is 4.74 Å². The third kappa shape index (κ3) is 1.78. The van der Waals surface area contributed by atoms with Gasteiger partial charge in [-0.15, -0.1) is 0 Å². The second kappa shape index (κ2) is 4.04. The second-order valence-corrected chi connectivity index (χ2v) is 4.64. The van der Waals surface area contributed by atoms with Crippen LogP contribution in [0.15, 0.2) is 18.2 Å². The number of imidazole rings is 1. The Balaban J connectivity index is 2.01. The zero-order chi connectivity index (χ0) is 11.8. The van der Waals surface area contributed by atoms with Crippen molar-refractivity contribution in [3.05, 3.63) is 24.0 Å². The van der Waals surface area contributed by atoms with E-state index in [1.807, 2.05) is 18.2 Å². The van der Waals surface area contributed by atoms with Crippen LogP contribution in [0.1, 0.15) is 25.1 Å². The Labute approximate surface area is 100 Å². The zero-order valence-electron chi connectivity index (χ0n) is 10.2. The van der Waals surface area contributed by atoms with Gasteiger partial charge >= 0.3 is 0 Å². The number of rotatable bonds is 2. The first kappa shape index (κ1) is 10.6. The molecule has 90 valence electrons. The first-order chi connectivity index (χ1) is 8.28. The Bertz CT molecular complexity index is 534. The lowest BCUT2D eigenvalue weighted by atomic mass is 10.0. The maximum absolute atomic E-state index is 5.22. The Morgan fingerprint density at radius 3 is 3.00 bits per heavy atom. The van der Waals surface area contributed by atoms with E-state index in [0.29, 0.717) is 12.0 Å². The third-order valence-corrected chi connectivity index (χ3v) is 3.58.